The summed E-state index contributed by atoms with van der Waals surface area (Å²) in [5.74, 6) is 2.16. The molecule has 4 heterocycles. The SMILES string of the molecule is CCCn1cc(CN2CC(N3CCn4c(C)nnc4C3)C2)cn1. The monoisotopic (exact) mass is 315 g/mol. The number of hydrogen-bond acceptors (Lipinski definition) is 5. The number of hydrogen-bond donors (Lipinski definition) is 0. The van der Waals surface area contributed by atoms with Gasteiger partial charge in [-0.2, -0.15) is 5.10 Å². The lowest BCUT2D eigenvalue weighted by atomic mass is 10.1. The molecule has 0 amide bonds. The second-order valence-electron chi connectivity index (χ2n) is 6.75. The number of likely N-dealkylation sites (tertiary alicyclic amines) is 1. The van der Waals surface area contributed by atoms with Crippen molar-refractivity contribution < 1.29 is 0 Å². The van der Waals surface area contributed by atoms with Gasteiger partial charge in [0.25, 0.3) is 0 Å². The van der Waals surface area contributed by atoms with Crippen molar-refractivity contribution in [2.24, 2.45) is 0 Å². The minimum absolute atomic E-state index is 0.659. The molecule has 0 radical (unpaired) electrons. The molecule has 0 saturated carbocycles. The maximum atomic E-state index is 4.42. The van der Waals surface area contributed by atoms with E-state index in [2.05, 4.69) is 42.8 Å². The molecule has 0 unspecified atom stereocenters. The Labute approximate surface area is 136 Å². The summed E-state index contributed by atoms with van der Waals surface area (Å²) in [6, 6.07) is 0.659. The molecule has 0 spiro atoms. The molecule has 2 aliphatic heterocycles. The van der Waals surface area contributed by atoms with Gasteiger partial charge < -0.3 is 4.57 Å². The van der Waals surface area contributed by atoms with Crippen molar-refractivity contribution in [1.82, 2.24) is 34.3 Å². The molecular formula is C16H25N7. The van der Waals surface area contributed by atoms with Crippen LogP contribution in [0.3, 0.4) is 0 Å². The van der Waals surface area contributed by atoms with E-state index in [0.717, 1.165) is 63.9 Å². The normalized spacial score (nSPS) is 19.7. The van der Waals surface area contributed by atoms with Gasteiger partial charge in [-0.25, -0.2) is 0 Å². The molecular weight excluding hydrogens is 290 g/mol. The van der Waals surface area contributed by atoms with E-state index in [-0.39, 0.29) is 0 Å². The van der Waals surface area contributed by atoms with Gasteiger partial charge in [-0.3, -0.25) is 14.5 Å². The highest BCUT2D eigenvalue weighted by atomic mass is 15.4. The second kappa shape index (κ2) is 6.05. The Kier molecular flexibility index (Phi) is 3.90. The summed E-state index contributed by atoms with van der Waals surface area (Å²) in [4.78, 5) is 5.06. The summed E-state index contributed by atoms with van der Waals surface area (Å²) < 4.78 is 4.29. The molecule has 2 aromatic rings. The lowest BCUT2D eigenvalue weighted by Gasteiger charge is -2.46. The van der Waals surface area contributed by atoms with Crippen molar-refractivity contribution in [2.45, 2.75) is 52.5 Å². The third kappa shape index (κ3) is 2.90. The fourth-order valence-corrected chi connectivity index (χ4v) is 3.63. The molecule has 0 atom stereocenters. The van der Waals surface area contributed by atoms with Crippen LogP contribution < -0.4 is 0 Å². The Morgan fingerprint density at radius 2 is 2.09 bits per heavy atom. The minimum atomic E-state index is 0.659. The zero-order valence-corrected chi connectivity index (χ0v) is 14.0. The third-order valence-electron chi connectivity index (χ3n) is 4.97. The molecule has 1 saturated heterocycles. The highest BCUT2D eigenvalue weighted by molar-refractivity contribution is 5.06. The third-order valence-corrected chi connectivity index (χ3v) is 4.97. The molecule has 23 heavy (non-hydrogen) atoms. The van der Waals surface area contributed by atoms with Crippen molar-refractivity contribution in [1.29, 1.82) is 0 Å². The fourth-order valence-electron chi connectivity index (χ4n) is 3.63. The van der Waals surface area contributed by atoms with Crippen LogP contribution in [0.2, 0.25) is 0 Å². The van der Waals surface area contributed by atoms with Crippen LogP contribution >= 0.6 is 0 Å². The quantitative estimate of drug-likeness (QED) is 0.820. The average Bonchev–Trinajstić information content (AvgIpc) is 3.10. The van der Waals surface area contributed by atoms with Gasteiger partial charge in [-0.05, 0) is 13.3 Å². The number of aromatic nitrogens is 5. The van der Waals surface area contributed by atoms with Gasteiger partial charge in [-0.1, -0.05) is 6.92 Å². The molecule has 2 aromatic heterocycles. The van der Waals surface area contributed by atoms with Crippen molar-refractivity contribution in [3.63, 3.8) is 0 Å². The smallest absolute Gasteiger partial charge is 0.147 e. The molecule has 124 valence electrons. The van der Waals surface area contributed by atoms with E-state index in [0.29, 0.717) is 6.04 Å². The molecule has 1 fully saturated rings. The largest absolute Gasteiger partial charge is 0.313 e. The number of rotatable bonds is 5. The van der Waals surface area contributed by atoms with Gasteiger partial charge in [0.05, 0.1) is 12.7 Å². The van der Waals surface area contributed by atoms with Crippen molar-refractivity contribution >= 4 is 0 Å². The van der Waals surface area contributed by atoms with Crippen LogP contribution in [0.1, 0.15) is 30.6 Å². The van der Waals surface area contributed by atoms with Crippen LogP contribution in [0.5, 0.6) is 0 Å². The predicted octanol–water partition coefficient (Wildman–Crippen LogP) is 0.893. The zero-order chi connectivity index (χ0) is 15.8. The molecule has 0 aliphatic carbocycles. The van der Waals surface area contributed by atoms with Crippen molar-refractivity contribution in [2.75, 3.05) is 19.6 Å². The summed E-state index contributed by atoms with van der Waals surface area (Å²) in [6.07, 6.45) is 5.32. The molecule has 2 aliphatic rings. The fraction of sp³-hybridized carbons (Fsp3) is 0.688. The Balaban J connectivity index is 1.28. The van der Waals surface area contributed by atoms with E-state index < -0.39 is 0 Å². The van der Waals surface area contributed by atoms with E-state index in [1.165, 1.54) is 5.56 Å². The lowest BCUT2D eigenvalue weighted by molar-refractivity contribution is 0.0128. The molecule has 0 aromatic carbocycles. The summed E-state index contributed by atoms with van der Waals surface area (Å²) in [5.41, 5.74) is 1.32. The standard InChI is InChI=1S/C16H25N7/c1-3-4-22-9-14(7-17-22)8-20-10-15(11-20)21-5-6-23-13(2)18-19-16(23)12-21/h7,9,15H,3-6,8,10-12H2,1-2H3. The van der Waals surface area contributed by atoms with Crippen LogP contribution in [-0.4, -0.2) is 60.0 Å². The Morgan fingerprint density at radius 1 is 1.22 bits per heavy atom. The van der Waals surface area contributed by atoms with Gasteiger partial charge in [0, 0.05) is 57.1 Å². The molecule has 4 rings (SSSR count). The van der Waals surface area contributed by atoms with Gasteiger partial charge >= 0.3 is 0 Å². The van der Waals surface area contributed by atoms with Crippen LogP contribution in [0.4, 0.5) is 0 Å². The predicted molar refractivity (Wildman–Crippen MR) is 86.8 cm³/mol. The maximum Gasteiger partial charge on any atom is 0.147 e. The first-order valence-electron chi connectivity index (χ1n) is 8.59. The molecule has 0 N–H and O–H groups in total. The maximum absolute atomic E-state index is 4.42. The van der Waals surface area contributed by atoms with E-state index >= 15 is 0 Å². The summed E-state index contributed by atoms with van der Waals surface area (Å²) >= 11 is 0. The van der Waals surface area contributed by atoms with Gasteiger partial charge in [0.15, 0.2) is 0 Å². The molecule has 7 nitrogen and oxygen atoms in total. The number of nitrogens with zero attached hydrogens (tertiary/aromatic N) is 7. The van der Waals surface area contributed by atoms with Gasteiger partial charge in [0.2, 0.25) is 0 Å². The average molecular weight is 315 g/mol. The van der Waals surface area contributed by atoms with Crippen LogP contribution in [0.25, 0.3) is 0 Å². The summed E-state index contributed by atoms with van der Waals surface area (Å²) in [6.45, 7) is 11.6. The minimum Gasteiger partial charge on any atom is -0.313 e. The second-order valence-corrected chi connectivity index (χ2v) is 6.75. The lowest BCUT2D eigenvalue weighted by Crippen LogP contribution is -2.59. The summed E-state index contributed by atoms with van der Waals surface area (Å²) in [5, 5.41) is 12.9. The Morgan fingerprint density at radius 3 is 2.91 bits per heavy atom. The van der Waals surface area contributed by atoms with E-state index in [9.17, 15) is 0 Å². The first-order chi connectivity index (χ1) is 11.2. The van der Waals surface area contributed by atoms with Crippen LogP contribution in [-0.2, 0) is 26.2 Å². The Hall–Kier alpha value is -1.73. The topological polar surface area (TPSA) is 55.0 Å². The van der Waals surface area contributed by atoms with Crippen molar-refractivity contribution in [3.8, 4) is 0 Å². The van der Waals surface area contributed by atoms with Crippen LogP contribution in [0.15, 0.2) is 12.4 Å². The summed E-state index contributed by atoms with van der Waals surface area (Å²) in [7, 11) is 0. The number of fused-ring (bicyclic) bond motifs is 1. The Bertz CT molecular complexity index is 668. The van der Waals surface area contributed by atoms with Crippen LogP contribution in [0, 0.1) is 6.92 Å². The van der Waals surface area contributed by atoms with E-state index in [4.69, 9.17) is 0 Å². The molecule has 0 bridgehead atoms. The molecule has 7 heteroatoms. The highest BCUT2D eigenvalue weighted by Gasteiger charge is 2.34. The van der Waals surface area contributed by atoms with Gasteiger partial charge in [0.1, 0.15) is 11.6 Å². The first kappa shape index (κ1) is 14.8. The first-order valence-corrected chi connectivity index (χ1v) is 8.59. The van der Waals surface area contributed by atoms with Crippen molar-refractivity contribution in [3.05, 3.63) is 29.6 Å². The highest BCUT2D eigenvalue weighted by Crippen LogP contribution is 2.22. The number of aryl methyl sites for hydroxylation is 2. The van der Waals surface area contributed by atoms with E-state index in [1.54, 1.807) is 0 Å². The van der Waals surface area contributed by atoms with E-state index in [1.807, 2.05) is 17.8 Å². The zero-order valence-electron chi connectivity index (χ0n) is 14.0. The van der Waals surface area contributed by atoms with Gasteiger partial charge in [-0.15, -0.1) is 10.2 Å².